The average molecular weight is 255 g/mol. The number of amides is 1. The normalized spacial score (nSPS) is 11.2. The molecule has 4 nitrogen and oxygen atoms in total. The molecule has 0 radical (unpaired) electrons. The van der Waals surface area contributed by atoms with Crippen molar-refractivity contribution in [1.82, 2.24) is 5.32 Å². The van der Waals surface area contributed by atoms with Gasteiger partial charge in [0.05, 0.1) is 11.3 Å². The Balaban J connectivity index is 2.75. The van der Waals surface area contributed by atoms with Gasteiger partial charge in [0.1, 0.15) is 0 Å². The minimum Gasteiger partial charge on any atom is -0.481 e. The Bertz CT molecular complexity index is 423. The van der Waals surface area contributed by atoms with Gasteiger partial charge >= 0.3 is 5.97 Å². The van der Waals surface area contributed by atoms with E-state index in [2.05, 4.69) is 5.32 Å². The quantitative estimate of drug-likeness (QED) is 0.848. The highest BCUT2D eigenvalue weighted by Gasteiger charge is 2.25. The van der Waals surface area contributed by atoms with Crippen molar-refractivity contribution in [1.29, 1.82) is 0 Å². The van der Waals surface area contributed by atoms with Gasteiger partial charge in [-0.2, -0.15) is 0 Å². The maximum atomic E-state index is 12.0. The molecule has 0 spiro atoms. The fourth-order valence-corrected chi connectivity index (χ4v) is 2.49. The fourth-order valence-electron chi connectivity index (χ4n) is 1.60. The summed E-state index contributed by atoms with van der Waals surface area (Å²) in [6.07, 6.45) is 0.706. The van der Waals surface area contributed by atoms with Gasteiger partial charge in [-0.1, -0.05) is 6.92 Å². The molecule has 0 aliphatic carbocycles. The molecule has 1 heterocycles. The molecule has 1 aromatic rings. The summed E-state index contributed by atoms with van der Waals surface area (Å²) in [4.78, 5) is 23.3. The predicted octanol–water partition coefficient (Wildman–Crippen LogP) is 2.29. The zero-order valence-corrected chi connectivity index (χ0v) is 11.1. The molecular formula is C12H17NO3S. The molecule has 94 valence electrons. The summed E-state index contributed by atoms with van der Waals surface area (Å²) in [5.74, 6) is -1.11. The summed E-state index contributed by atoms with van der Waals surface area (Å²) in [6.45, 7) is 5.40. The lowest BCUT2D eigenvalue weighted by atomic mass is 10.0. The van der Waals surface area contributed by atoms with Crippen molar-refractivity contribution in [2.24, 2.45) is 0 Å². The molecular weight excluding hydrogens is 238 g/mol. The molecule has 5 heteroatoms. The maximum absolute atomic E-state index is 12.0. The molecule has 2 N–H and O–H groups in total. The Morgan fingerprint density at radius 3 is 2.65 bits per heavy atom. The number of hydrogen-bond acceptors (Lipinski definition) is 3. The van der Waals surface area contributed by atoms with E-state index in [9.17, 15) is 9.59 Å². The molecule has 1 rings (SSSR count). The predicted molar refractivity (Wildman–Crippen MR) is 67.5 cm³/mol. The number of carbonyl (C=O) groups excluding carboxylic acids is 1. The molecule has 0 aromatic carbocycles. The third-order valence-corrected chi connectivity index (χ3v) is 3.33. The maximum Gasteiger partial charge on any atom is 0.305 e. The second kappa shape index (κ2) is 5.31. The highest BCUT2D eigenvalue weighted by atomic mass is 32.1. The fraction of sp³-hybridized carbons (Fsp3) is 0.500. The summed E-state index contributed by atoms with van der Waals surface area (Å²) in [6, 6.07) is 1.92. The Morgan fingerprint density at radius 2 is 2.12 bits per heavy atom. The summed E-state index contributed by atoms with van der Waals surface area (Å²) in [5.41, 5.74) is 0.261. The van der Waals surface area contributed by atoms with Gasteiger partial charge in [-0.15, -0.1) is 11.3 Å². The van der Waals surface area contributed by atoms with Crippen LogP contribution in [0.5, 0.6) is 0 Å². The molecule has 0 saturated carbocycles. The van der Waals surface area contributed by atoms with E-state index in [0.29, 0.717) is 4.88 Å². The first-order chi connectivity index (χ1) is 7.85. The van der Waals surface area contributed by atoms with Crippen LogP contribution in [-0.4, -0.2) is 22.5 Å². The zero-order valence-electron chi connectivity index (χ0n) is 10.2. The summed E-state index contributed by atoms with van der Waals surface area (Å²) < 4.78 is 0. The molecule has 17 heavy (non-hydrogen) atoms. The van der Waals surface area contributed by atoms with E-state index in [1.54, 1.807) is 13.8 Å². The lowest BCUT2D eigenvalue weighted by Crippen LogP contribution is -2.44. The van der Waals surface area contributed by atoms with E-state index in [-0.39, 0.29) is 12.3 Å². The molecule has 0 bridgehead atoms. The number of carboxylic acids is 1. The van der Waals surface area contributed by atoms with Gasteiger partial charge in [-0.05, 0) is 37.3 Å². The van der Waals surface area contributed by atoms with Crippen molar-refractivity contribution in [3.8, 4) is 0 Å². The third kappa shape index (κ3) is 3.85. The summed E-state index contributed by atoms with van der Waals surface area (Å²) in [7, 11) is 0. The lowest BCUT2D eigenvalue weighted by molar-refractivity contribution is -0.138. The van der Waals surface area contributed by atoms with Crippen molar-refractivity contribution in [3.05, 3.63) is 21.9 Å². The first-order valence-electron chi connectivity index (χ1n) is 5.46. The van der Waals surface area contributed by atoms with Crippen LogP contribution in [0.25, 0.3) is 0 Å². The number of rotatable bonds is 5. The van der Waals surface area contributed by atoms with Crippen LogP contribution >= 0.6 is 11.3 Å². The average Bonchev–Trinajstić information content (AvgIpc) is 2.61. The molecule has 0 aliphatic heterocycles. The van der Waals surface area contributed by atoms with E-state index in [1.807, 2.05) is 18.4 Å². The molecule has 1 amide bonds. The van der Waals surface area contributed by atoms with Gasteiger partial charge < -0.3 is 10.4 Å². The van der Waals surface area contributed by atoms with E-state index in [4.69, 9.17) is 5.11 Å². The standard InChI is InChI=1S/C12H17NO3S/c1-4-8-5-6-17-10(8)11(16)13-12(2,3)7-9(14)15/h5-6H,4,7H2,1-3H3,(H,13,16)(H,14,15). The van der Waals surface area contributed by atoms with Crippen LogP contribution in [0, 0.1) is 0 Å². The minimum atomic E-state index is -0.919. The van der Waals surface area contributed by atoms with Gasteiger partial charge in [0.2, 0.25) is 0 Å². The topological polar surface area (TPSA) is 66.4 Å². The first-order valence-corrected chi connectivity index (χ1v) is 6.34. The van der Waals surface area contributed by atoms with Crippen LogP contribution in [0.4, 0.5) is 0 Å². The van der Waals surface area contributed by atoms with Crippen LogP contribution in [0.15, 0.2) is 11.4 Å². The number of hydrogen-bond donors (Lipinski definition) is 2. The monoisotopic (exact) mass is 255 g/mol. The number of carboxylic acid groups (broad SMARTS) is 1. The third-order valence-electron chi connectivity index (χ3n) is 2.38. The van der Waals surface area contributed by atoms with Crippen LogP contribution in [0.2, 0.25) is 0 Å². The van der Waals surface area contributed by atoms with Crippen molar-refractivity contribution >= 4 is 23.2 Å². The smallest absolute Gasteiger partial charge is 0.305 e. The van der Waals surface area contributed by atoms with E-state index in [0.717, 1.165) is 12.0 Å². The Kier molecular flexibility index (Phi) is 4.28. The minimum absolute atomic E-state index is 0.0917. The van der Waals surface area contributed by atoms with E-state index < -0.39 is 11.5 Å². The van der Waals surface area contributed by atoms with Crippen LogP contribution < -0.4 is 5.32 Å². The highest BCUT2D eigenvalue weighted by molar-refractivity contribution is 7.12. The van der Waals surface area contributed by atoms with Gasteiger partial charge in [-0.25, -0.2) is 0 Å². The van der Waals surface area contributed by atoms with Crippen LogP contribution in [-0.2, 0) is 11.2 Å². The summed E-state index contributed by atoms with van der Waals surface area (Å²) in [5, 5.41) is 13.4. The molecule has 0 saturated heterocycles. The van der Waals surface area contributed by atoms with E-state index in [1.165, 1.54) is 11.3 Å². The lowest BCUT2D eigenvalue weighted by Gasteiger charge is -2.24. The van der Waals surface area contributed by atoms with E-state index >= 15 is 0 Å². The number of aryl methyl sites for hydroxylation is 1. The molecule has 0 aliphatic rings. The van der Waals surface area contributed by atoms with Crippen molar-refractivity contribution in [3.63, 3.8) is 0 Å². The van der Waals surface area contributed by atoms with Crippen molar-refractivity contribution in [2.75, 3.05) is 0 Å². The number of aliphatic carboxylic acids is 1. The van der Waals surface area contributed by atoms with Crippen molar-refractivity contribution < 1.29 is 14.7 Å². The Hall–Kier alpha value is -1.36. The largest absolute Gasteiger partial charge is 0.481 e. The van der Waals surface area contributed by atoms with Crippen molar-refractivity contribution in [2.45, 2.75) is 39.2 Å². The molecule has 0 unspecified atom stereocenters. The molecule has 0 atom stereocenters. The van der Waals surface area contributed by atoms with Gasteiger partial charge in [-0.3, -0.25) is 9.59 Å². The first kappa shape index (κ1) is 13.7. The van der Waals surface area contributed by atoms with Crippen LogP contribution in [0.1, 0.15) is 42.4 Å². The Labute approximate surface area is 105 Å². The van der Waals surface area contributed by atoms with Crippen LogP contribution in [0.3, 0.4) is 0 Å². The Morgan fingerprint density at radius 1 is 1.47 bits per heavy atom. The van der Waals surface area contributed by atoms with Gasteiger partial charge in [0.25, 0.3) is 5.91 Å². The number of nitrogens with one attached hydrogen (secondary N) is 1. The summed E-state index contributed by atoms with van der Waals surface area (Å²) >= 11 is 1.38. The highest BCUT2D eigenvalue weighted by Crippen LogP contribution is 2.19. The zero-order chi connectivity index (χ0) is 13.1. The molecule has 0 fully saturated rings. The number of thiophene rings is 1. The second-order valence-electron chi connectivity index (χ2n) is 4.54. The SMILES string of the molecule is CCc1ccsc1C(=O)NC(C)(C)CC(=O)O. The number of carbonyl (C=O) groups is 2. The van der Waals surface area contributed by atoms with Gasteiger partial charge in [0.15, 0.2) is 0 Å². The second-order valence-corrected chi connectivity index (χ2v) is 5.45. The van der Waals surface area contributed by atoms with Gasteiger partial charge in [0, 0.05) is 5.54 Å². The molecule has 1 aromatic heterocycles.